The molecule has 9 heteroatoms. The molecule has 0 bridgehead atoms. The van der Waals surface area contributed by atoms with E-state index < -0.39 is 0 Å². The van der Waals surface area contributed by atoms with Crippen LogP contribution in [0.15, 0.2) is 47.8 Å². The number of hydrogen-bond acceptors (Lipinski definition) is 5. The summed E-state index contributed by atoms with van der Waals surface area (Å²) in [6.45, 7) is 3.54. The zero-order valence-electron chi connectivity index (χ0n) is 19.5. The minimum absolute atomic E-state index is 0.145. The van der Waals surface area contributed by atoms with Crippen molar-refractivity contribution in [2.45, 2.75) is 38.1 Å². The molecule has 0 radical (unpaired) electrons. The van der Waals surface area contributed by atoms with Crippen molar-refractivity contribution in [1.82, 2.24) is 25.0 Å². The van der Waals surface area contributed by atoms with Crippen LogP contribution in [0.5, 0.6) is 0 Å². The lowest BCUT2D eigenvalue weighted by Crippen LogP contribution is -2.32. The Kier molecular flexibility index (Phi) is 5.77. The number of amides is 2. The van der Waals surface area contributed by atoms with Gasteiger partial charge in [0.15, 0.2) is 5.82 Å². The number of benzene rings is 1. The van der Waals surface area contributed by atoms with Crippen LogP contribution in [0, 0.1) is 5.82 Å². The summed E-state index contributed by atoms with van der Waals surface area (Å²) in [5.41, 5.74) is 4.53. The lowest BCUT2D eigenvalue weighted by Gasteiger charge is -2.22. The van der Waals surface area contributed by atoms with E-state index in [4.69, 9.17) is 0 Å². The van der Waals surface area contributed by atoms with Gasteiger partial charge in [-0.2, -0.15) is 5.10 Å². The van der Waals surface area contributed by atoms with E-state index in [0.717, 1.165) is 68.6 Å². The summed E-state index contributed by atoms with van der Waals surface area (Å²) in [5, 5.41) is 10.9. The van der Waals surface area contributed by atoms with Gasteiger partial charge in [-0.25, -0.2) is 19.2 Å². The third kappa shape index (κ3) is 4.43. The number of piperidine rings is 1. The normalized spacial score (nSPS) is 18.0. The molecule has 0 aliphatic carbocycles. The first kappa shape index (κ1) is 21.9. The van der Waals surface area contributed by atoms with Crippen molar-refractivity contribution < 1.29 is 9.18 Å². The molecule has 0 unspecified atom stereocenters. The van der Waals surface area contributed by atoms with Crippen molar-refractivity contribution in [1.29, 1.82) is 0 Å². The summed E-state index contributed by atoms with van der Waals surface area (Å²) in [5.74, 6) is 0.250. The molecular weight excluding hydrogens is 445 g/mol. The average molecular weight is 474 g/mol. The monoisotopic (exact) mass is 473 g/mol. The van der Waals surface area contributed by atoms with E-state index in [1.165, 1.54) is 6.07 Å². The number of hydrogen-bond donors (Lipinski definition) is 2. The van der Waals surface area contributed by atoms with E-state index in [0.29, 0.717) is 35.2 Å². The van der Waals surface area contributed by atoms with Gasteiger partial charge < -0.3 is 15.5 Å². The van der Waals surface area contributed by atoms with Crippen LogP contribution in [0.4, 0.5) is 20.7 Å². The standard InChI is InChI=1S/C26H28FN7O/c27-23-4-3-20(31-26(35)33-9-1-2-10-33)13-22(23)24-12-17-11-18(14-29-25(17)32-24)19-15-30-34(16-19)21-5-7-28-8-6-21/h3-4,11,13-16,21,28H,1-2,5-10,12H2,(H,31,35). The Morgan fingerprint density at radius 1 is 1.09 bits per heavy atom. The summed E-state index contributed by atoms with van der Waals surface area (Å²) < 4.78 is 16.8. The molecule has 0 atom stereocenters. The van der Waals surface area contributed by atoms with Gasteiger partial charge in [-0.05, 0) is 63.0 Å². The number of halogens is 1. The third-order valence-electron chi connectivity index (χ3n) is 7.08. The Balaban J connectivity index is 1.19. The van der Waals surface area contributed by atoms with Crippen LogP contribution in [0.2, 0.25) is 0 Å². The molecule has 0 saturated carbocycles. The fraction of sp³-hybridized carbons (Fsp3) is 0.385. The minimum Gasteiger partial charge on any atom is -0.325 e. The van der Waals surface area contributed by atoms with Crippen molar-refractivity contribution in [3.8, 4) is 11.1 Å². The highest BCUT2D eigenvalue weighted by atomic mass is 19.1. The van der Waals surface area contributed by atoms with Gasteiger partial charge in [0.2, 0.25) is 0 Å². The number of aliphatic imine (C=N–C) groups is 1. The van der Waals surface area contributed by atoms with E-state index in [2.05, 4.69) is 42.7 Å². The smallest absolute Gasteiger partial charge is 0.321 e. The first-order valence-corrected chi connectivity index (χ1v) is 12.3. The first-order valence-electron chi connectivity index (χ1n) is 12.3. The number of nitrogens with zero attached hydrogens (tertiary/aromatic N) is 5. The highest BCUT2D eigenvalue weighted by molar-refractivity contribution is 6.07. The van der Waals surface area contributed by atoms with Crippen molar-refractivity contribution in [3.05, 3.63) is 59.8 Å². The maximum Gasteiger partial charge on any atom is 0.321 e. The number of nitrogens with one attached hydrogen (secondary N) is 2. The third-order valence-corrected chi connectivity index (χ3v) is 7.08. The lowest BCUT2D eigenvalue weighted by molar-refractivity contribution is 0.222. The van der Waals surface area contributed by atoms with Crippen LogP contribution in [-0.4, -0.2) is 57.6 Å². The van der Waals surface area contributed by atoms with E-state index in [1.807, 2.05) is 6.20 Å². The van der Waals surface area contributed by atoms with Gasteiger partial charge in [-0.15, -0.1) is 0 Å². The molecule has 180 valence electrons. The Bertz CT molecular complexity index is 1290. The molecule has 2 saturated heterocycles. The van der Waals surface area contributed by atoms with Crippen LogP contribution in [0.3, 0.4) is 0 Å². The second kappa shape index (κ2) is 9.22. The molecule has 2 aromatic heterocycles. The topological polar surface area (TPSA) is 87.4 Å². The van der Waals surface area contributed by atoms with Crippen molar-refractivity contribution in [2.24, 2.45) is 4.99 Å². The Morgan fingerprint density at radius 3 is 2.74 bits per heavy atom. The van der Waals surface area contributed by atoms with E-state index in [-0.39, 0.29) is 11.8 Å². The summed E-state index contributed by atoms with van der Waals surface area (Å²) in [4.78, 5) is 23.4. The molecule has 1 aromatic carbocycles. The fourth-order valence-corrected chi connectivity index (χ4v) is 5.10. The summed E-state index contributed by atoms with van der Waals surface area (Å²) in [6, 6.07) is 6.98. The predicted octanol–water partition coefficient (Wildman–Crippen LogP) is 4.31. The molecule has 2 fully saturated rings. The molecule has 3 aliphatic rings. The second-order valence-electron chi connectivity index (χ2n) is 9.45. The number of carbonyl (C=O) groups is 1. The number of aromatic nitrogens is 3. The van der Waals surface area contributed by atoms with Gasteiger partial charge in [0.1, 0.15) is 5.82 Å². The van der Waals surface area contributed by atoms with E-state index in [1.54, 1.807) is 23.2 Å². The molecule has 5 heterocycles. The number of fused-ring (bicyclic) bond motifs is 1. The van der Waals surface area contributed by atoms with Gasteiger partial charge in [0, 0.05) is 59.8 Å². The van der Waals surface area contributed by atoms with Gasteiger partial charge >= 0.3 is 6.03 Å². The second-order valence-corrected chi connectivity index (χ2v) is 9.45. The number of anilines is 1. The number of carbonyl (C=O) groups excluding carboxylic acids is 1. The van der Waals surface area contributed by atoms with Gasteiger partial charge in [0.05, 0.1) is 18.0 Å². The quantitative estimate of drug-likeness (QED) is 0.591. The van der Waals surface area contributed by atoms with Crippen molar-refractivity contribution >= 4 is 23.2 Å². The first-order chi connectivity index (χ1) is 17.1. The maximum absolute atomic E-state index is 14.8. The van der Waals surface area contributed by atoms with E-state index >= 15 is 0 Å². The molecule has 8 nitrogen and oxygen atoms in total. The molecule has 3 aromatic rings. The summed E-state index contributed by atoms with van der Waals surface area (Å²) >= 11 is 0. The minimum atomic E-state index is -0.362. The molecular formula is C26H28FN7O. The molecule has 6 rings (SSSR count). The van der Waals surface area contributed by atoms with Crippen molar-refractivity contribution in [3.63, 3.8) is 0 Å². The Hall–Kier alpha value is -3.59. The number of pyridine rings is 1. The van der Waals surface area contributed by atoms with Crippen LogP contribution in [0.1, 0.15) is 42.9 Å². The highest BCUT2D eigenvalue weighted by Crippen LogP contribution is 2.32. The largest absolute Gasteiger partial charge is 0.325 e. The van der Waals surface area contributed by atoms with Gasteiger partial charge in [-0.1, -0.05) is 0 Å². The van der Waals surface area contributed by atoms with Crippen LogP contribution in [-0.2, 0) is 6.42 Å². The number of rotatable bonds is 4. The molecule has 35 heavy (non-hydrogen) atoms. The zero-order chi connectivity index (χ0) is 23.8. The molecule has 3 aliphatic heterocycles. The van der Waals surface area contributed by atoms with Crippen LogP contribution in [0.25, 0.3) is 11.1 Å². The van der Waals surface area contributed by atoms with E-state index in [9.17, 15) is 9.18 Å². The summed E-state index contributed by atoms with van der Waals surface area (Å²) in [7, 11) is 0. The van der Waals surface area contributed by atoms with Crippen molar-refractivity contribution in [2.75, 3.05) is 31.5 Å². The Morgan fingerprint density at radius 2 is 1.91 bits per heavy atom. The lowest BCUT2D eigenvalue weighted by atomic mass is 10.0. The number of urea groups is 1. The maximum atomic E-state index is 14.8. The highest BCUT2D eigenvalue weighted by Gasteiger charge is 2.23. The van der Waals surface area contributed by atoms with Crippen LogP contribution >= 0.6 is 0 Å². The SMILES string of the molecule is O=C(Nc1ccc(F)c(C2=Nc3ncc(-c4cnn(C5CCNCC5)c4)cc3C2)c1)N1CCCC1. The number of likely N-dealkylation sites (tertiary alicyclic amines) is 1. The van der Waals surface area contributed by atoms with Gasteiger partial charge in [-0.3, -0.25) is 4.68 Å². The van der Waals surface area contributed by atoms with Crippen LogP contribution < -0.4 is 10.6 Å². The molecule has 2 N–H and O–H groups in total. The zero-order valence-corrected chi connectivity index (χ0v) is 19.5. The van der Waals surface area contributed by atoms with Gasteiger partial charge in [0.25, 0.3) is 0 Å². The Labute approximate surface area is 203 Å². The molecule has 2 amide bonds. The average Bonchev–Trinajstić information content (AvgIpc) is 3.66. The summed E-state index contributed by atoms with van der Waals surface area (Å²) in [6.07, 6.45) is 10.4. The fourth-order valence-electron chi connectivity index (χ4n) is 5.10. The molecule has 0 spiro atoms. The predicted molar refractivity (Wildman–Crippen MR) is 133 cm³/mol.